The molecule has 1 N–H and O–H groups in total. The Hall–Kier alpha value is -2.95. The summed E-state index contributed by atoms with van der Waals surface area (Å²) in [7, 11) is 0. The van der Waals surface area contributed by atoms with Crippen molar-refractivity contribution in [2.45, 2.75) is 44.6 Å². The Labute approximate surface area is 177 Å². The molecule has 1 heterocycles. The third-order valence-electron chi connectivity index (χ3n) is 6.31. The number of likely N-dealkylation sites (tertiary alicyclic amines) is 1. The molecule has 1 saturated carbocycles. The number of nitrogens with one attached hydrogen (secondary N) is 1. The van der Waals surface area contributed by atoms with Crippen LogP contribution in [0.15, 0.2) is 60.7 Å². The molecule has 156 valence electrons. The molecular weight excluding hydrogens is 376 g/mol. The van der Waals surface area contributed by atoms with Crippen LogP contribution in [0.1, 0.15) is 49.3 Å². The minimum Gasteiger partial charge on any atom is -0.349 e. The summed E-state index contributed by atoms with van der Waals surface area (Å²) in [5, 5.41) is 3.11. The van der Waals surface area contributed by atoms with Crippen molar-refractivity contribution in [3.63, 3.8) is 0 Å². The normalized spacial score (nSPS) is 21.9. The van der Waals surface area contributed by atoms with Crippen LogP contribution >= 0.6 is 0 Å². The van der Waals surface area contributed by atoms with Gasteiger partial charge in [0.2, 0.25) is 17.7 Å². The van der Waals surface area contributed by atoms with E-state index in [1.165, 1.54) is 4.90 Å². The van der Waals surface area contributed by atoms with Crippen molar-refractivity contribution in [2.75, 3.05) is 6.54 Å². The number of carbonyl (C=O) groups excluding carboxylic acids is 3. The standard InChI is InChI=1S/C25H28N2O3/c28-23(15-16-27-24(29)20-13-7-8-14-21(20)25(27)30)26-22(19-11-5-2-6-12-19)17-18-9-3-1-4-10-18/h1-6,9-12,20-22H,7-8,13-17H2,(H,26,28)/t20-,21-,22+/m0/s1. The number of carbonyl (C=O) groups is 3. The number of amides is 3. The van der Waals surface area contributed by atoms with Gasteiger partial charge in [0.25, 0.3) is 0 Å². The maximum Gasteiger partial charge on any atom is 0.233 e. The molecule has 4 rings (SSSR count). The van der Waals surface area contributed by atoms with Crippen molar-refractivity contribution < 1.29 is 14.4 Å². The van der Waals surface area contributed by atoms with Gasteiger partial charge in [0.15, 0.2) is 0 Å². The lowest BCUT2D eigenvalue weighted by Gasteiger charge is -2.21. The summed E-state index contributed by atoms with van der Waals surface area (Å²) < 4.78 is 0. The highest BCUT2D eigenvalue weighted by molar-refractivity contribution is 6.05. The zero-order valence-electron chi connectivity index (χ0n) is 17.1. The first-order valence-corrected chi connectivity index (χ1v) is 10.9. The van der Waals surface area contributed by atoms with Gasteiger partial charge in [0.05, 0.1) is 17.9 Å². The van der Waals surface area contributed by atoms with Crippen molar-refractivity contribution in [2.24, 2.45) is 11.8 Å². The Bertz CT molecular complexity index is 873. The lowest BCUT2D eigenvalue weighted by Crippen LogP contribution is -2.36. The summed E-state index contributed by atoms with van der Waals surface area (Å²) in [6.07, 6.45) is 4.42. The van der Waals surface area contributed by atoms with Gasteiger partial charge in [-0.05, 0) is 30.4 Å². The second kappa shape index (κ2) is 9.24. The molecule has 1 aliphatic heterocycles. The van der Waals surface area contributed by atoms with Crippen molar-refractivity contribution in [3.05, 3.63) is 71.8 Å². The largest absolute Gasteiger partial charge is 0.349 e. The third kappa shape index (κ3) is 4.45. The number of hydrogen-bond donors (Lipinski definition) is 1. The molecule has 3 atom stereocenters. The van der Waals surface area contributed by atoms with Gasteiger partial charge >= 0.3 is 0 Å². The van der Waals surface area contributed by atoms with Gasteiger partial charge in [-0.15, -0.1) is 0 Å². The molecule has 2 aliphatic rings. The lowest BCUT2D eigenvalue weighted by molar-refractivity contribution is -0.140. The van der Waals surface area contributed by atoms with Gasteiger partial charge < -0.3 is 5.32 Å². The predicted molar refractivity (Wildman–Crippen MR) is 114 cm³/mol. The van der Waals surface area contributed by atoms with Crippen molar-refractivity contribution in [1.29, 1.82) is 0 Å². The lowest BCUT2D eigenvalue weighted by atomic mass is 9.81. The number of nitrogens with zero attached hydrogens (tertiary/aromatic N) is 1. The van der Waals surface area contributed by atoms with Gasteiger partial charge in [0.1, 0.15) is 0 Å². The molecule has 5 heteroatoms. The van der Waals surface area contributed by atoms with E-state index in [0.717, 1.165) is 36.8 Å². The van der Waals surface area contributed by atoms with E-state index < -0.39 is 0 Å². The molecule has 0 radical (unpaired) electrons. The van der Waals surface area contributed by atoms with Crippen LogP contribution in [0.3, 0.4) is 0 Å². The van der Waals surface area contributed by atoms with E-state index in [4.69, 9.17) is 0 Å². The fourth-order valence-electron chi connectivity index (χ4n) is 4.72. The monoisotopic (exact) mass is 404 g/mol. The third-order valence-corrected chi connectivity index (χ3v) is 6.31. The SMILES string of the molecule is O=C(CCN1C(=O)[C@H]2CCCC[C@@H]2C1=O)N[C@H](Cc1ccccc1)c1ccccc1. The van der Waals surface area contributed by atoms with E-state index in [1.54, 1.807) is 0 Å². The van der Waals surface area contributed by atoms with Crippen LogP contribution in [0.25, 0.3) is 0 Å². The van der Waals surface area contributed by atoms with Crippen molar-refractivity contribution in [3.8, 4) is 0 Å². The number of benzene rings is 2. The van der Waals surface area contributed by atoms with Gasteiger partial charge in [-0.1, -0.05) is 73.5 Å². The summed E-state index contributed by atoms with van der Waals surface area (Å²) in [5.74, 6) is -0.632. The van der Waals surface area contributed by atoms with E-state index in [0.29, 0.717) is 6.42 Å². The number of rotatable bonds is 7. The number of imide groups is 1. The number of fused-ring (bicyclic) bond motifs is 1. The number of hydrogen-bond acceptors (Lipinski definition) is 3. The van der Waals surface area contributed by atoms with Gasteiger partial charge in [-0.2, -0.15) is 0 Å². The molecule has 30 heavy (non-hydrogen) atoms. The van der Waals surface area contributed by atoms with Crippen LogP contribution in [-0.4, -0.2) is 29.2 Å². The van der Waals surface area contributed by atoms with E-state index >= 15 is 0 Å². The smallest absolute Gasteiger partial charge is 0.233 e. The molecule has 2 fully saturated rings. The topological polar surface area (TPSA) is 66.5 Å². The van der Waals surface area contributed by atoms with Crippen LogP contribution in [0.4, 0.5) is 0 Å². The molecule has 2 aromatic rings. The average molecular weight is 405 g/mol. The molecular formula is C25H28N2O3. The Morgan fingerprint density at radius 3 is 2.07 bits per heavy atom. The second-order valence-electron chi connectivity index (χ2n) is 8.30. The highest BCUT2D eigenvalue weighted by Crippen LogP contribution is 2.38. The molecule has 0 spiro atoms. The van der Waals surface area contributed by atoms with E-state index in [9.17, 15) is 14.4 Å². The van der Waals surface area contributed by atoms with E-state index in [2.05, 4.69) is 5.32 Å². The molecule has 1 saturated heterocycles. The summed E-state index contributed by atoms with van der Waals surface area (Å²) >= 11 is 0. The van der Waals surface area contributed by atoms with E-state index in [-0.39, 0.29) is 48.6 Å². The first kappa shape index (κ1) is 20.3. The van der Waals surface area contributed by atoms with Crippen LogP contribution in [-0.2, 0) is 20.8 Å². The van der Waals surface area contributed by atoms with Crippen molar-refractivity contribution in [1.82, 2.24) is 10.2 Å². The van der Waals surface area contributed by atoms with Gasteiger partial charge in [-0.25, -0.2) is 0 Å². The Morgan fingerprint density at radius 1 is 0.900 bits per heavy atom. The molecule has 1 aliphatic carbocycles. The van der Waals surface area contributed by atoms with Crippen LogP contribution < -0.4 is 5.32 Å². The highest BCUT2D eigenvalue weighted by atomic mass is 16.2. The predicted octanol–water partition coefficient (Wildman–Crippen LogP) is 3.65. The van der Waals surface area contributed by atoms with Crippen LogP contribution in [0, 0.1) is 11.8 Å². The van der Waals surface area contributed by atoms with Gasteiger partial charge in [-0.3, -0.25) is 19.3 Å². The first-order valence-electron chi connectivity index (χ1n) is 10.9. The Balaban J connectivity index is 1.39. The van der Waals surface area contributed by atoms with Crippen molar-refractivity contribution >= 4 is 17.7 Å². The minimum absolute atomic E-state index is 0.0820. The highest BCUT2D eigenvalue weighted by Gasteiger charge is 2.47. The second-order valence-corrected chi connectivity index (χ2v) is 8.30. The molecule has 5 nitrogen and oxygen atoms in total. The molecule has 0 unspecified atom stereocenters. The molecule has 3 amide bonds. The minimum atomic E-state index is -0.163. The maximum absolute atomic E-state index is 12.7. The zero-order chi connectivity index (χ0) is 20.9. The Morgan fingerprint density at radius 2 is 1.47 bits per heavy atom. The maximum atomic E-state index is 12.7. The fourth-order valence-corrected chi connectivity index (χ4v) is 4.72. The van der Waals surface area contributed by atoms with Gasteiger partial charge in [0, 0.05) is 13.0 Å². The molecule has 0 aromatic heterocycles. The molecule has 2 aromatic carbocycles. The average Bonchev–Trinajstić information content (AvgIpc) is 3.03. The molecule has 0 bridgehead atoms. The van der Waals surface area contributed by atoms with Crippen LogP contribution in [0.2, 0.25) is 0 Å². The summed E-state index contributed by atoms with van der Waals surface area (Å²) in [4.78, 5) is 39.3. The summed E-state index contributed by atoms with van der Waals surface area (Å²) in [6.45, 7) is 0.170. The van der Waals surface area contributed by atoms with Crippen LogP contribution in [0.5, 0.6) is 0 Å². The quantitative estimate of drug-likeness (QED) is 0.717. The first-order chi connectivity index (χ1) is 14.6. The summed E-state index contributed by atoms with van der Waals surface area (Å²) in [5.41, 5.74) is 2.18. The fraction of sp³-hybridized carbons (Fsp3) is 0.400. The van der Waals surface area contributed by atoms with E-state index in [1.807, 2.05) is 60.7 Å². The Kier molecular flexibility index (Phi) is 6.26. The zero-order valence-corrected chi connectivity index (χ0v) is 17.1. The summed E-state index contributed by atoms with van der Waals surface area (Å²) in [6, 6.07) is 19.8.